The van der Waals surface area contributed by atoms with Gasteiger partial charge in [0.05, 0.1) is 24.8 Å². The summed E-state index contributed by atoms with van der Waals surface area (Å²) in [5, 5.41) is 5.78. The van der Waals surface area contributed by atoms with E-state index in [-0.39, 0.29) is 12.6 Å². The van der Waals surface area contributed by atoms with Crippen LogP contribution in [0.2, 0.25) is 0 Å². The largest absolute Gasteiger partial charge is 0.494 e. The fourth-order valence-electron chi connectivity index (χ4n) is 4.51. The summed E-state index contributed by atoms with van der Waals surface area (Å²) in [7, 11) is 0. The molecule has 2 heterocycles. The van der Waals surface area contributed by atoms with E-state index < -0.39 is 12.0 Å². The van der Waals surface area contributed by atoms with Crippen molar-refractivity contribution in [2.24, 2.45) is 0 Å². The van der Waals surface area contributed by atoms with Crippen LogP contribution >= 0.6 is 0 Å². The van der Waals surface area contributed by atoms with E-state index in [4.69, 9.17) is 9.47 Å². The molecule has 1 unspecified atom stereocenters. The zero-order valence-electron chi connectivity index (χ0n) is 20.7. The first-order valence-corrected chi connectivity index (χ1v) is 12.2. The van der Waals surface area contributed by atoms with Crippen LogP contribution in [0, 0.1) is 6.92 Å². The number of carbonyl (C=O) groups is 2. The molecule has 0 spiro atoms. The number of piperazine rings is 1. The molecule has 8 nitrogen and oxygen atoms in total. The van der Waals surface area contributed by atoms with E-state index in [0.29, 0.717) is 24.4 Å². The van der Waals surface area contributed by atoms with Crippen molar-refractivity contribution in [1.29, 1.82) is 0 Å². The highest BCUT2D eigenvalue weighted by atomic mass is 16.5. The van der Waals surface area contributed by atoms with E-state index in [0.717, 1.165) is 37.5 Å². The number of ether oxygens (including phenoxy) is 2. The lowest BCUT2D eigenvalue weighted by Crippen LogP contribution is -2.51. The van der Waals surface area contributed by atoms with Gasteiger partial charge in [-0.2, -0.15) is 0 Å². The number of esters is 1. The number of rotatable bonds is 8. The summed E-state index contributed by atoms with van der Waals surface area (Å²) in [6, 6.07) is 15.1. The van der Waals surface area contributed by atoms with Crippen LogP contribution in [-0.2, 0) is 9.53 Å². The maximum Gasteiger partial charge on any atom is 0.338 e. The second-order valence-electron chi connectivity index (χ2n) is 8.74. The Kier molecular flexibility index (Phi) is 7.92. The van der Waals surface area contributed by atoms with Gasteiger partial charge in [0.2, 0.25) is 0 Å². The molecule has 2 N–H and O–H groups in total. The molecule has 1 atom stereocenters. The molecule has 8 heteroatoms. The van der Waals surface area contributed by atoms with Crippen molar-refractivity contribution in [2.75, 3.05) is 50.8 Å². The molecule has 1 saturated heterocycles. The first-order chi connectivity index (χ1) is 17.0. The molecule has 0 aliphatic carbocycles. The minimum Gasteiger partial charge on any atom is -0.494 e. The SMILES string of the molecule is CCOC(=O)C1=C(CN2CCN(c3ccc(C)cc3)CC2)NC(=O)NC1c1ccc(OCC)cc1. The normalized spacial score (nSPS) is 18.7. The lowest BCUT2D eigenvalue weighted by atomic mass is 9.94. The number of nitrogens with zero attached hydrogens (tertiary/aromatic N) is 2. The van der Waals surface area contributed by atoms with Crippen molar-refractivity contribution in [2.45, 2.75) is 26.8 Å². The first-order valence-electron chi connectivity index (χ1n) is 12.2. The van der Waals surface area contributed by atoms with Gasteiger partial charge in [-0.15, -0.1) is 0 Å². The quantitative estimate of drug-likeness (QED) is 0.566. The number of aryl methyl sites for hydroxylation is 1. The monoisotopic (exact) mass is 478 g/mol. The van der Waals surface area contributed by atoms with Crippen LogP contribution in [0.15, 0.2) is 59.8 Å². The van der Waals surface area contributed by atoms with Gasteiger partial charge in [-0.05, 0) is 50.6 Å². The van der Waals surface area contributed by atoms with E-state index >= 15 is 0 Å². The van der Waals surface area contributed by atoms with Crippen LogP contribution in [-0.4, -0.2) is 62.8 Å². The van der Waals surface area contributed by atoms with Crippen molar-refractivity contribution in [3.05, 3.63) is 70.9 Å². The van der Waals surface area contributed by atoms with Crippen LogP contribution in [0.3, 0.4) is 0 Å². The Hall–Kier alpha value is -3.52. The average molecular weight is 479 g/mol. The zero-order chi connectivity index (χ0) is 24.8. The maximum absolute atomic E-state index is 13.1. The minimum absolute atomic E-state index is 0.259. The van der Waals surface area contributed by atoms with Crippen LogP contribution in [0.1, 0.15) is 31.0 Å². The van der Waals surface area contributed by atoms with Gasteiger partial charge < -0.3 is 25.0 Å². The van der Waals surface area contributed by atoms with Crippen LogP contribution < -0.4 is 20.3 Å². The number of amides is 2. The highest BCUT2D eigenvalue weighted by Gasteiger charge is 2.34. The maximum atomic E-state index is 13.1. The standard InChI is InChI=1S/C27H34N4O4/c1-4-34-22-12-8-20(9-13-22)25-24(26(32)35-5-2)23(28-27(33)29-25)18-30-14-16-31(17-15-30)21-10-6-19(3)7-11-21/h6-13,25H,4-5,14-18H2,1-3H3,(H2,28,29,33). The Morgan fingerprint density at radius 1 is 0.971 bits per heavy atom. The van der Waals surface area contributed by atoms with E-state index in [1.54, 1.807) is 6.92 Å². The number of benzene rings is 2. The first kappa shape index (κ1) is 24.6. The van der Waals surface area contributed by atoms with Crippen LogP contribution in [0.4, 0.5) is 10.5 Å². The summed E-state index contributed by atoms with van der Waals surface area (Å²) in [6.07, 6.45) is 0. The van der Waals surface area contributed by atoms with Crippen molar-refractivity contribution in [1.82, 2.24) is 15.5 Å². The molecule has 2 amide bonds. The smallest absolute Gasteiger partial charge is 0.338 e. The third kappa shape index (κ3) is 5.95. The Morgan fingerprint density at radius 2 is 1.66 bits per heavy atom. The van der Waals surface area contributed by atoms with Gasteiger partial charge in [-0.25, -0.2) is 9.59 Å². The third-order valence-corrected chi connectivity index (χ3v) is 6.33. The summed E-state index contributed by atoms with van der Waals surface area (Å²) in [5.41, 5.74) is 4.29. The Bertz CT molecular complexity index is 1060. The van der Waals surface area contributed by atoms with E-state index in [2.05, 4.69) is 51.6 Å². The third-order valence-electron chi connectivity index (χ3n) is 6.33. The van der Waals surface area contributed by atoms with Gasteiger partial charge in [-0.1, -0.05) is 29.8 Å². The van der Waals surface area contributed by atoms with Crippen molar-refractivity contribution < 1.29 is 19.1 Å². The Morgan fingerprint density at radius 3 is 2.29 bits per heavy atom. The van der Waals surface area contributed by atoms with Crippen molar-refractivity contribution >= 4 is 17.7 Å². The number of urea groups is 1. The lowest BCUT2D eigenvalue weighted by molar-refractivity contribution is -0.139. The van der Waals surface area contributed by atoms with Crippen molar-refractivity contribution in [3.8, 4) is 5.75 Å². The Labute approximate surface area is 206 Å². The van der Waals surface area contributed by atoms with Gasteiger partial charge in [-0.3, -0.25) is 4.90 Å². The van der Waals surface area contributed by atoms with Crippen LogP contribution in [0.25, 0.3) is 0 Å². The summed E-state index contributed by atoms with van der Waals surface area (Å²) in [6.45, 7) is 10.5. The molecular weight excluding hydrogens is 444 g/mol. The number of nitrogens with one attached hydrogen (secondary N) is 2. The van der Waals surface area contributed by atoms with Gasteiger partial charge in [0.1, 0.15) is 5.75 Å². The number of carbonyl (C=O) groups excluding carboxylic acids is 2. The molecule has 0 aromatic heterocycles. The topological polar surface area (TPSA) is 83.1 Å². The predicted octanol–water partition coefficient (Wildman–Crippen LogP) is 3.39. The molecule has 35 heavy (non-hydrogen) atoms. The second-order valence-corrected chi connectivity index (χ2v) is 8.74. The molecule has 4 rings (SSSR count). The summed E-state index contributed by atoms with van der Waals surface area (Å²) < 4.78 is 10.9. The van der Waals surface area contributed by atoms with E-state index in [9.17, 15) is 9.59 Å². The molecule has 1 fully saturated rings. The predicted molar refractivity (Wildman–Crippen MR) is 136 cm³/mol. The number of hydrogen-bond acceptors (Lipinski definition) is 6. The fraction of sp³-hybridized carbons (Fsp3) is 0.407. The lowest BCUT2D eigenvalue weighted by Gasteiger charge is -2.38. The van der Waals surface area contributed by atoms with Crippen LogP contribution in [0.5, 0.6) is 5.75 Å². The molecule has 2 aromatic rings. The van der Waals surface area contributed by atoms with Crippen molar-refractivity contribution in [3.63, 3.8) is 0 Å². The summed E-state index contributed by atoms with van der Waals surface area (Å²) in [5.74, 6) is 0.317. The molecule has 186 valence electrons. The number of anilines is 1. The highest BCUT2D eigenvalue weighted by Crippen LogP contribution is 2.30. The molecule has 0 radical (unpaired) electrons. The van der Waals surface area contributed by atoms with Gasteiger partial charge in [0, 0.05) is 44.1 Å². The molecule has 2 aromatic carbocycles. The number of hydrogen-bond donors (Lipinski definition) is 2. The zero-order valence-corrected chi connectivity index (χ0v) is 20.7. The highest BCUT2D eigenvalue weighted by molar-refractivity contribution is 5.95. The average Bonchev–Trinajstić information content (AvgIpc) is 2.85. The van der Waals surface area contributed by atoms with Gasteiger partial charge in [0.15, 0.2) is 0 Å². The summed E-state index contributed by atoms with van der Waals surface area (Å²) in [4.78, 5) is 30.3. The molecule has 0 bridgehead atoms. The minimum atomic E-state index is -0.595. The van der Waals surface area contributed by atoms with Gasteiger partial charge in [0.25, 0.3) is 0 Å². The van der Waals surface area contributed by atoms with Gasteiger partial charge >= 0.3 is 12.0 Å². The molecule has 2 aliphatic rings. The van der Waals surface area contributed by atoms with E-state index in [1.807, 2.05) is 31.2 Å². The molecule has 2 aliphatic heterocycles. The fourth-order valence-corrected chi connectivity index (χ4v) is 4.51. The Balaban J connectivity index is 1.54. The van der Waals surface area contributed by atoms with E-state index in [1.165, 1.54) is 11.3 Å². The summed E-state index contributed by atoms with van der Waals surface area (Å²) >= 11 is 0. The second kappa shape index (κ2) is 11.3. The molecular formula is C27H34N4O4. The molecule has 0 saturated carbocycles.